The van der Waals surface area contributed by atoms with E-state index in [1.807, 2.05) is 6.08 Å². The van der Waals surface area contributed by atoms with Crippen LogP contribution in [0.15, 0.2) is 42.5 Å². The molecule has 3 N–H and O–H groups in total. The van der Waals surface area contributed by atoms with Gasteiger partial charge in [-0.1, -0.05) is 30.4 Å². The molecule has 20 heavy (non-hydrogen) atoms. The third-order valence-corrected chi connectivity index (χ3v) is 4.28. The highest BCUT2D eigenvalue weighted by Crippen LogP contribution is 2.46. The number of aliphatic carboxylic acids is 1. The molecule has 2 aliphatic rings. The van der Waals surface area contributed by atoms with Gasteiger partial charge in [-0.05, 0) is 18.6 Å². The van der Waals surface area contributed by atoms with Crippen molar-refractivity contribution in [3.63, 3.8) is 0 Å². The van der Waals surface area contributed by atoms with Crippen molar-refractivity contribution in [2.75, 3.05) is 0 Å². The molecule has 5 heteroatoms. The predicted molar refractivity (Wildman–Crippen MR) is 71.0 cm³/mol. The molecular weight excluding hydrogens is 258 g/mol. The number of carbonyl (C=O) groups is 2. The highest BCUT2D eigenvalue weighted by atomic mass is 16.4. The molecule has 0 aromatic heterocycles. The van der Waals surface area contributed by atoms with E-state index in [1.165, 1.54) is 0 Å². The maximum atomic E-state index is 12.2. The number of carboxylic acid groups (broad SMARTS) is 1. The Hall–Kier alpha value is -2.14. The van der Waals surface area contributed by atoms with Crippen LogP contribution in [0.5, 0.6) is 0 Å². The van der Waals surface area contributed by atoms with E-state index in [1.54, 1.807) is 36.4 Å². The van der Waals surface area contributed by atoms with Crippen LogP contribution in [-0.2, 0) is 4.79 Å². The Morgan fingerprint density at radius 2 is 1.90 bits per heavy atom. The smallest absolute Gasteiger partial charge is 0.332 e. The lowest BCUT2D eigenvalue weighted by atomic mass is 9.82. The number of aliphatic hydroxyl groups excluding tert-OH is 1. The molecule has 0 radical (unpaired) electrons. The van der Waals surface area contributed by atoms with Crippen molar-refractivity contribution in [1.29, 1.82) is 0 Å². The van der Waals surface area contributed by atoms with Crippen LogP contribution < -0.4 is 5.32 Å². The van der Waals surface area contributed by atoms with Crippen LogP contribution in [-0.4, -0.2) is 33.7 Å². The van der Waals surface area contributed by atoms with Crippen molar-refractivity contribution in [1.82, 2.24) is 5.32 Å². The number of benzene rings is 1. The lowest BCUT2D eigenvalue weighted by molar-refractivity contribution is -0.150. The summed E-state index contributed by atoms with van der Waals surface area (Å²) in [6.45, 7) is 0. The maximum Gasteiger partial charge on any atom is 0.332 e. The van der Waals surface area contributed by atoms with E-state index in [-0.39, 0.29) is 11.8 Å². The van der Waals surface area contributed by atoms with Gasteiger partial charge in [0.15, 0.2) is 5.54 Å². The van der Waals surface area contributed by atoms with E-state index in [0.717, 1.165) is 0 Å². The monoisotopic (exact) mass is 273 g/mol. The SMILES string of the molecule is O=C(N[C@@]1(C(=O)O)[C@@H]2C=C[C@@H](C2)[C@H]1O)c1ccccc1. The molecule has 0 spiro atoms. The molecule has 2 bridgehead atoms. The van der Waals surface area contributed by atoms with Gasteiger partial charge in [-0.3, -0.25) is 4.79 Å². The largest absolute Gasteiger partial charge is 0.479 e. The number of amides is 1. The van der Waals surface area contributed by atoms with Gasteiger partial charge in [0.1, 0.15) is 0 Å². The summed E-state index contributed by atoms with van der Waals surface area (Å²) in [6, 6.07) is 8.42. The first-order chi connectivity index (χ1) is 9.55. The minimum Gasteiger partial charge on any atom is -0.479 e. The first kappa shape index (κ1) is 12.9. The first-order valence-electron chi connectivity index (χ1n) is 6.53. The van der Waals surface area contributed by atoms with Crippen molar-refractivity contribution < 1.29 is 19.8 Å². The van der Waals surface area contributed by atoms with E-state index in [4.69, 9.17) is 0 Å². The number of nitrogens with one attached hydrogen (secondary N) is 1. The van der Waals surface area contributed by atoms with Gasteiger partial charge in [-0.25, -0.2) is 4.79 Å². The van der Waals surface area contributed by atoms with E-state index >= 15 is 0 Å². The minimum atomic E-state index is -1.62. The van der Waals surface area contributed by atoms with Crippen LogP contribution in [0.25, 0.3) is 0 Å². The molecule has 1 aromatic carbocycles. The zero-order chi connectivity index (χ0) is 14.3. The number of carboxylic acids is 1. The molecule has 0 heterocycles. The van der Waals surface area contributed by atoms with Crippen molar-refractivity contribution in [3.8, 4) is 0 Å². The third-order valence-electron chi connectivity index (χ3n) is 4.28. The molecule has 4 atom stereocenters. The van der Waals surface area contributed by atoms with E-state index < -0.39 is 23.5 Å². The summed E-state index contributed by atoms with van der Waals surface area (Å²) in [5.41, 5.74) is -1.24. The summed E-state index contributed by atoms with van der Waals surface area (Å²) in [6.07, 6.45) is 3.06. The van der Waals surface area contributed by atoms with Crippen molar-refractivity contribution in [3.05, 3.63) is 48.0 Å². The molecule has 0 saturated heterocycles. The highest BCUT2D eigenvalue weighted by Gasteiger charge is 2.61. The van der Waals surface area contributed by atoms with Crippen molar-refractivity contribution in [2.45, 2.75) is 18.1 Å². The molecule has 5 nitrogen and oxygen atoms in total. The summed E-state index contributed by atoms with van der Waals surface area (Å²) >= 11 is 0. The molecule has 1 saturated carbocycles. The van der Waals surface area contributed by atoms with E-state index in [9.17, 15) is 19.8 Å². The molecule has 0 aliphatic heterocycles. The number of fused-ring (bicyclic) bond motifs is 2. The van der Waals surface area contributed by atoms with Crippen molar-refractivity contribution in [2.24, 2.45) is 11.8 Å². The Morgan fingerprint density at radius 1 is 1.20 bits per heavy atom. The second kappa shape index (κ2) is 4.45. The average molecular weight is 273 g/mol. The van der Waals surface area contributed by atoms with Crippen LogP contribution in [0.4, 0.5) is 0 Å². The highest BCUT2D eigenvalue weighted by molar-refractivity contribution is 5.98. The Morgan fingerprint density at radius 3 is 2.45 bits per heavy atom. The first-order valence-corrected chi connectivity index (χ1v) is 6.53. The van der Waals surface area contributed by atoms with E-state index in [0.29, 0.717) is 12.0 Å². The standard InChI is InChI=1S/C15H15NO4/c17-12-10-6-7-11(8-10)15(12,14(19)20)16-13(18)9-4-2-1-3-5-9/h1-7,10-12,17H,8H2,(H,16,18)(H,19,20)/t10-,11+,12+,15-/m0/s1. The van der Waals surface area contributed by atoms with Gasteiger partial charge < -0.3 is 15.5 Å². The second-order valence-corrected chi connectivity index (χ2v) is 5.33. The zero-order valence-electron chi connectivity index (χ0n) is 10.7. The number of hydrogen-bond donors (Lipinski definition) is 3. The molecule has 1 amide bonds. The van der Waals surface area contributed by atoms with Gasteiger partial charge in [0, 0.05) is 17.4 Å². The summed E-state index contributed by atoms with van der Waals surface area (Å²) in [7, 11) is 0. The van der Waals surface area contributed by atoms with Gasteiger partial charge in [-0.15, -0.1) is 0 Å². The fourth-order valence-electron chi connectivity index (χ4n) is 3.21. The minimum absolute atomic E-state index is 0.202. The fourth-order valence-corrected chi connectivity index (χ4v) is 3.21. The lowest BCUT2D eigenvalue weighted by Crippen LogP contribution is -2.64. The van der Waals surface area contributed by atoms with Crippen LogP contribution in [0, 0.1) is 11.8 Å². The molecule has 1 aromatic rings. The number of aliphatic hydroxyl groups is 1. The Bertz CT molecular complexity index is 583. The number of rotatable bonds is 3. The lowest BCUT2D eigenvalue weighted by Gasteiger charge is -2.35. The predicted octanol–water partition coefficient (Wildman–Crippen LogP) is 0.807. The van der Waals surface area contributed by atoms with Gasteiger partial charge in [0.25, 0.3) is 5.91 Å². The molecule has 2 aliphatic carbocycles. The Balaban J connectivity index is 1.92. The molecular formula is C15H15NO4. The molecule has 3 rings (SSSR count). The second-order valence-electron chi connectivity index (χ2n) is 5.33. The van der Waals surface area contributed by atoms with Crippen LogP contribution in [0.1, 0.15) is 16.8 Å². The zero-order valence-corrected chi connectivity index (χ0v) is 10.7. The van der Waals surface area contributed by atoms with Crippen LogP contribution >= 0.6 is 0 Å². The quantitative estimate of drug-likeness (QED) is 0.711. The van der Waals surface area contributed by atoms with Gasteiger partial charge >= 0.3 is 5.97 Å². The number of carbonyl (C=O) groups excluding carboxylic acids is 1. The summed E-state index contributed by atoms with van der Waals surface area (Å²) in [5.74, 6) is -2.24. The summed E-state index contributed by atoms with van der Waals surface area (Å²) in [5, 5.41) is 22.3. The average Bonchev–Trinajstić information content (AvgIpc) is 3.02. The molecule has 1 fully saturated rings. The third kappa shape index (κ3) is 1.67. The Kier molecular flexibility index (Phi) is 2.87. The van der Waals surface area contributed by atoms with Gasteiger partial charge in [-0.2, -0.15) is 0 Å². The summed E-state index contributed by atoms with van der Waals surface area (Å²) < 4.78 is 0. The van der Waals surface area contributed by atoms with Gasteiger partial charge in [0.2, 0.25) is 0 Å². The van der Waals surface area contributed by atoms with Crippen LogP contribution in [0.2, 0.25) is 0 Å². The van der Waals surface area contributed by atoms with E-state index in [2.05, 4.69) is 5.32 Å². The number of hydrogen-bond acceptors (Lipinski definition) is 3. The molecule has 104 valence electrons. The fraction of sp³-hybridized carbons (Fsp3) is 0.333. The Labute approximate surface area is 115 Å². The van der Waals surface area contributed by atoms with Crippen LogP contribution in [0.3, 0.4) is 0 Å². The summed E-state index contributed by atoms with van der Waals surface area (Å²) in [4.78, 5) is 23.9. The topological polar surface area (TPSA) is 86.6 Å². The normalized spacial score (nSPS) is 34.1. The molecule has 0 unspecified atom stereocenters. The van der Waals surface area contributed by atoms with Gasteiger partial charge in [0.05, 0.1) is 6.10 Å². The van der Waals surface area contributed by atoms with Crippen molar-refractivity contribution >= 4 is 11.9 Å². The maximum absolute atomic E-state index is 12.2.